The number of nitrogens with one attached hydrogen (secondary N) is 2. The molecule has 33 heavy (non-hydrogen) atoms. The van der Waals surface area contributed by atoms with Crippen molar-refractivity contribution in [3.8, 4) is 0 Å². The van der Waals surface area contributed by atoms with Crippen LogP contribution in [0.4, 0.5) is 5.69 Å². The number of para-hydroxylation sites is 1. The SMILES string of the molecule is CCC(C)c1ccc(N2CCN(CCn3c(=O)[nH]c4c([nH]c5ccccc54)c3=O)CC2)cc1. The van der Waals surface area contributed by atoms with Crippen LogP contribution in [-0.2, 0) is 6.54 Å². The summed E-state index contributed by atoms with van der Waals surface area (Å²) in [5.41, 5.74) is 3.95. The van der Waals surface area contributed by atoms with Crippen LogP contribution in [0, 0.1) is 0 Å². The minimum Gasteiger partial charge on any atom is -0.369 e. The van der Waals surface area contributed by atoms with Gasteiger partial charge in [0.25, 0.3) is 5.56 Å². The Morgan fingerprint density at radius 2 is 1.61 bits per heavy atom. The quantitative estimate of drug-likeness (QED) is 0.476. The summed E-state index contributed by atoms with van der Waals surface area (Å²) in [5.74, 6) is 0.589. The van der Waals surface area contributed by atoms with Gasteiger partial charge in [0.1, 0.15) is 5.52 Å². The summed E-state index contributed by atoms with van der Waals surface area (Å²) in [7, 11) is 0. The van der Waals surface area contributed by atoms with Crippen molar-refractivity contribution >= 4 is 27.6 Å². The Labute approximate surface area is 192 Å². The van der Waals surface area contributed by atoms with Crippen LogP contribution < -0.4 is 16.1 Å². The lowest BCUT2D eigenvalue weighted by Gasteiger charge is -2.36. The molecule has 5 rings (SSSR count). The molecule has 1 fully saturated rings. The van der Waals surface area contributed by atoms with Gasteiger partial charge < -0.3 is 14.9 Å². The van der Waals surface area contributed by atoms with Crippen LogP contribution >= 0.6 is 0 Å². The maximum Gasteiger partial charge on any atom is 0.328 e. The number of fused-ring (bicyclic) bond motifs is 3. The fraction of sp³-hybridized carbons (Fsp3) is 0.385. The number of rotatable bonds is 6. The molecule has 172 valence electrons. The first-order valence-corrected chi connectivity index (χ1v) is 11.9. The van der Waals surface area contributed by atoms with Gasteiger partial charge in [-0.25, -0.2) is 4.79 Å². The van der Waals surface area contributed by atoms with Crippen molar-refractivity contribution in [1.82, 2.24) is 19.4 Å². The molecule has 4 aromatic rings. The molecule has 0 amide bonds. The van der Waals surface area contributed by atoms with Gasteiger partial charge in [-0.3, -0.25) is 14.3 Å². The summed E-state index contributed by atoms with van der Waals surface area (Å²) in [6, 6.07) is 16.6. The lowest BCUT2D eigenvalue weighted by atomic mass is 9.98. The number of aromatic nitrogens is 3. The Kier molecular flexibility index (Phi) is 5.81. The average Bonchev–Trinajstić information content (AvgIpc) is 3.23. The number of benzene rings is 2. The van der Waals surface area contributed by atoms with E-state index in [1.165, 1.54) is 15.8 Å². The smallest absolute Gasteiger partial charge is 0.328 e. The van der Waals surface area contributed by atoms with Gasteiger partial charge in [0, 0.05) is 55.9 Å². The van der Waals surface area contributed by atoms with E-state index in [9.17, 15) is 9.59 Å². The number of anilines is 1. The molecule has 1 unspecified atom stereocenters. The zero-order chi connectivity index (χ0) is 22.9. The minimum atomic E-state index is -0.350. The molecule has 0 spiro atoms. The molecular weight excluding hydrogens is 414 g/mol. The van der Waals surface area contributed by atoms with E-state index < -0.39 is 0 Å². The molecule has 7 nitrogen and oxygen atoms in total. The standard InChI is InChI=1S/C26H31N5O2/c1-3-18(2)19-8-10-20(11-9-19)30-15-12-29(13-16-30)14-17-31-25(32)24-23(28-26(31)33)21-6-4-5-7-22(21)27-24/h4-11,18,27H,3,12-17H2,1-2H3,(H,28,33). The fourth-order valence-corrected chi connectivity index (χ4v) is 4.76. The summed E-state index contributed by atoms with van der Waals surface area (Å²) in [4.78, 5) is 36.5. The third-order valence-corrected chi connectivity index (χ3v) is 7.09. The van der Waals surface area contributed by atoms with Crippen LogP contribution in [0.15, 0.2) is 58.1 Å². The average molecular weight is 446 g/mol. The molecule has 1 atom stereocenters. The summed E-state index contributed by atoms with van der Waals surface area (Å²) < 4.78 is 1.32. The molecule has 1 aliphatic rings. The lowest BCUT2D eigenvalue weighted by Crippen LogP contribution is -2.48. The summed E-state index contributed by atoms with van der Waals surface area (Å²) in [6.07, 6.45) is 1.15. The molecule has 0 radical (unpaired) electrons. The van der Waals surface area contributed by atoms with E-state index >= 15 is 0 Å². The topological polar surface area (TPSA) is 77.1 Å². The normalized spacial score (nSPS) is 16.0. The molecule has 1 aliphatic heterocycles. The zero-order valence-corrected chi connectivity index (χ0v) is 19.3. The first kappa shape index (κ1) is 21.5. The van der Waals surface area contributed by atoms with E-state index in [4.69, 9.17) is 0 Å². The number of H-pyrrole nitrogens is 2. The first-order valence-electron chi connectivity index (χ1n) is 11.9. The number of piperazine rings is 1. The van der Waals surface area contributed by atoms with Gasteiger partial charge in [-0.2, -0.15) is 0 Å². The second-order valence-corrected chi connectivity index (χ2v) is 9.04. The highest BCUT2D eigenvalue weighted by Crippen LogP contribution is 2.23. The first-order chi connectivity index (χ1) is 16.0. The van der Waals surface area contributed by atoms with Gasteiger partial charge in [0.2, 0.25) is 0 Å². The molecule has 2 aromatic carbocycles. The van der Waals surface area contributed by atoms with Crippen molar-refractivity contribution in [3.63, 3.8) is 0 Å². The van der Waals surface area contributed by atoms with Gasteiger partial charge in [0.05, 0.1) is 5.52 Å². The van der Waals surface area contributed by atoms with Gasteiger partial charge in [-0.15, -0.1) is 0 Å². The number of aromatic amines is 2. The number of hydrogen-bond donors (Lipinski definition) is 2. The Balaban J connectivity index is 1.24. The maximum atomic E-state index is 13.0. The van der Waals surface area contributed by atoms with E-state index in [1.54, 1.807) is 0 Å². The van der Waals surface area contributed by atoms with E-state index in [0.29, 0.717) is 30.0 Å². The Morgan fingerprint density at radius 3 is 2.33 bits per heavy atom. The summed E-state index contributed by atoms with van der Waals surface area (Å²) >= 11 is 0. The third-order valence-electron chi connectivity index (χ3n) is 7.09. The molecular formula is C26H31N5O2. The predicted octanol–water partition coefficient (Wildman–Crippen LogP) is 3.51. The van der Waals surface area contributed by atoms with Crippen LogP contribution in [0.2, 0.25) is 0 Å². The minimum absolute atomic E-state index is 0.259. The van der Waals surface area contributed by atoms with Crippen molar-refractivity contribution in [1.29, 1.82) is 0 Å². The largest absolute Gasteiger partial charge is 0.369 e. The molecule has 0 bridgehead atoms. The highest BCUT2D eigenvalue weighted by atomic mass is 16.2. The molecule has 1 saturated heterocycles. The van der Waals surface area contributed by atoms with Crippen LogP contribution in [0.25, 0.3) is 21.9 Å². The van der Waals surface area contributed by atoms with Crippen LogP contribution in [0.1, 0.15) is 31.7 Å². The van der Waals surface area contributed by atoms with Gasteiger partial charge in [-0.1, -0.05) is 44.2 Å². The second-order valence-electron chi connectivity index (χ2n) is 9.04. The van der Waals surface area contributed by atoms with Crippen LogP contribution in [0.5, 0.6) is 0 Å². The maximum absolute atomic E-state index is 13.0. The number of nitrogens with zero attached hydrogens (tertiary/aromatic N) is 3. The highest BCUT2D eigenvalue weighted by Gasteiger charge is 2.19. The second kappa shape index (κ2) is 8.90. The van der Waals surface area contributed by atoms with E-state index in [-0.39, 0.29) is 11.2 Å². The lowest BCUT2D eigenvalue weighted by molar-refractivity contribution is 0.246. The fourth-order valence-electron chi connectivity index (χ4n) is 4.76. The van der Waals surface area contributed by atoms with E-state index in [1.807, 2.05) is 24.3 Å². The van der Waals surface area contributed by atoms with Crippen molar-refractivity contribution in [2.45, 2.75) is 32.7 Å². The Hall–Kier alpha value is -3.32. The van der Waals surface area contributed by atoms with Crippen LogP contribution in [0.3, 0.4) is 0 Å². The molecule has 0 saturated carbocycles. The highest BCUT2D eigenvalue weighted by molar-refractivity contribution is 6.04. The predicted molar refractivity (Wildman–Crippen MR) is 134 cm³/mol. The Morgan fingerprint density at radius 1 is 0.879 bits per heavy atom. The summed E-state index contributed by atoms with van der Waals surface area (Å²) in [5, 5.41) is 0.863. The Bertz CT molecular complexity index is 1370. The molecule has 2 N–H and O–H groups in total. The number of hydrogen-bond acceptors (Lipinski definition) is 4. The zero-order valence-electron chi connectivity index (χ0n) is 19.3. The third kappa shape index (κ3) is 4.09. The van der Waals surface area contributed by atoms with Gasteiger partial charge in [0.15, 0.2) is 0 Å². The van der Waals surface area contributed by atoms with E-state index in [2.05, 4.69) is 57.9 Å². The van der Waals surface area contributed by atoms with Crippen LogP contribution in [-0.4, -0.2) is 52.2 Å². The van der Waals surface area contributed by atoms with Crippen molar-refractivity contribution < 1.29 is 0 Å². The molecule has 7 heteroatoms. The molecule has 0 aliphatic carbocycles. The van der Waals surface area contributed by atoms with E-state index in [0.717, 1.165) is 43.5 Å². The van der Waals surface area contributed by atoms with Gasteiger partial charge >= 0.3 is 5.69 Å². The summed E-state index contributed by atoms with van der Waals surface area (Å²) in [6.45, 7) is 9.24. The van der Waals surface area contributed by atoms with Crippen molar-refractivity contribution in [2.24, 2.45) is 0 Å². The molecule has 2 aromatic heterocycles. The van der Waals surface area contributed by atoms with Crippen molar-refractivity contribution in [3.05, 3.63) is 74.9 Å². The monoisotopic (exact) mass is 445 g/mol. The van der Waals surface area contributed by atoms with Crippen molar-refractivity contribution in [2.75, 3.05) is 37.6 Å². The molecule has 3 heterocycles. The van der Waals surface area contributed by atoms with Gasteiger partial charge in [-0.05, 0) is 36.1 Å².